The maximum Gasteiger partial charge on any atom is 0.222 e. The van der Waals surface area contributed by atoms with E-state index in [1.165, 1.54) is 12.8 Å². The lowest BCUT2D eigenvalue weighted by atomic mass is 9.94. The third kappa shape index (κ3) is 4.76. The van der Waals surface area contributed by atoms with Crippen molar-refractivity contribution >= 4 is 5.91 Å². The van der Waals surface area contributed by atoms with E-state index >= 15 is 0 Å². The van der Waals surface area contributed by atoms with E-state index in [1.807, 2.05) is 11.8 Å². The van der Waals surface area contributed by atoms with Gasteiger partial charge in [0.25, 0.3) is 0 Å². The van der Waals surface area contributed by atoms with Gasteiger partial charge in [-0.1, -0.05) is 31.2 Å². The van der Waals surface area contributed by atoms with Gasteiger partial charge in [-0.05, 0) is 39.0 Å². The first kappa shape index (κ1) is 14.0. The van der Waals surface area contributed by atoms with Crippen LogP contribution < -0.4 is 0 Å². The summed E-state index contributed by atoms with van der Waals surface area (Å²) in [6.45, 7) is 6.83. The smallest absolute Gasteiger partial charge is 0.222 e. The van der Waals surface area contributed by atoms with Crippen LogP contribution in [0.25, 0.3) is 0 Å². The maximum absolute atomic E-state index is 11.7. The third-order valence-corrected chi connectivity index (χ3v) is 3.27. The van der Waals surface area contributed by atoms with Crippen LogP contribution in [0.1, 0.15) is 46.5 Å². The molecule has 0 heterocycles. The van der Waals surface area contributed by atoms with Crippen LogP contribution in [0.2, 0.25) is 0 Å². The molecule has 0 aliphatic heterocycles. The molecular formula is C15H25NO. The fraction of sp³-hybridized carbons (Fsp3) is 0.667. The summed E-state index contributed by atoms with van der Waals surface area (Å²) in [4.78, 5) is 13.7. The normalized spacial score (nSPS) is 20.1. The van der Waals surface area contributed by atoms with Crippen LogP contribution in [0.5, 0.6) is 0 Å². The molecule has 0 radical (unpaired) electrons. The van der Waals surface area contributed by atoms with Crippen LogP contribution in [0.15, 0.2) is 24.3 Å². The topological polar surface area (TPSA) is 20.3 Å². The van der Waals surface area contributed by atoms with Crippen molar-refractivity contribution in [2.24, 2.45) is 5.92 Å². The van der Waals surface area contributed by atoms with E-state index in [0.29, 0.717) is 18.4 Å². The van der Waals surface area contributed by atoms with Crippen molar-refractivity contribution in [2.75, 3.05) is 6.54 Å². The van der Waals surface area contributed by atoms with Crippen LogP contribution in [0.4, 0.5) is 0 Å². The summed E-state index contributed by atoms with van der Waals surface area (Å²) in [5.41, 5.74) is 0. The second kappa shape index (κ2) is 7.31. The molecule has 1 rings (SSSR count). The first-order valence-electron chi connectivity index (χ1n) is 6.76. The number of carbonyl (C=O) groups is 1. The SMILES string of the molecule is CCC(=O)N(C/C=C/C1CC=CCC1)C(C)C. The molecule has 96 valence electrons. The van der Waals surface area contributed by atoms with E-state index < -0.39 is 0 Å². The Morgan fingerprint density at radius 3 is 2.76 bits per heavy atom. The molecule has 0 aromatic rings. The molecule has 2 nitrogen and oxygen atoms in total. The second-order valence-electron chi connectivity index (χ2n) is 4.97. The van der Waals surface area contributed by atoms with Gasteiger partial charge in [0, 0.05) is 19.0 Å². The highest BCUT2D eigenvalue weighted by Crippen LogP contribution is 2.19. The number of hydrogen-bond acceptors (Lipinski definition) is 1. The average molecular weight is 235 g/mol. The minimum atomic E-state index is 0.244. The van der Waals surface area contributed by atoms with Crippen molar-refractivity contribution in [2.45, 2.75) is 52.5 Å². The summed E-state index contributed by atoms with van der Waals surface area (Å²) in [5.74, 6) is 0.916. The lowest BCUT2D eigenvalue weighted by molar-refractivity contribution is -0.131. The van der Waals surface area contributed by atoms with E-state index in [-0.39, 0.29) is 5.91 Å². The molecule has 0 bridgehead atoms. The van der Waals surface area contributed by atoms with Gasteiger partial charge in [0.2, 0.25) is 5.91 Å². The van der Waals surface area contributed by atoms with Gasteiger partial charge in [0.1, 0.15) is 0 Å². The Kier molecular flexibility index (Phi) is 6.03. The highest BCUT2D eigenvalue weighted by molar-refractivity contribution is 5.76. The molecule has 2 heteroatoms. The van der Waals surface area contributed by atoms with Crippen LogP contribution in [-0.2, 0) is 4.79 Å². The summed E-state index contributed by atoms with van der Waals surface area (Å²) in [6.07, 6.45) is 13.1. The van der Waals surface area contributed by atoms with Crippen LogP contribution in [0.3, 0.4) is 0 Å². The highest BCUT2D eigenvalue weighted by Gasteiger charge is 2.13. The Morgan fingerprint density at radius 2 is 2.24 bits per heavy atom. The van der Waals surface area contributed by atoms with Gasteiger partial charge in [-0.2, -0.15) is 0 Å². The Balaban J connectivity index is 2.43. The average Bonchev–Trinajstić information content (AvgIpc) is 2.34. The number of carbonyl (C=O) groups excluding carboxylic acids is 1. The first-order valence-corrected chi connectivity index (χ1v) is 6.76. The predicted octanol–water partition coefficient (Wildman–Crippen LogP) is 3.55. The summed E-state index contributed by atoms with van der Waals surface area (Å²) in [7, 11) is 0. The van der Waals surface area contributed by atoms with Gasteiger partial charge in [-0.3, -0.25) is 4.79 Å². The summed E-state index contributed by atoms with van der Waals surface area (Å²) >= 11 is 0. The molecule has 0 spiro atoms. The van der Waals surface area contributed by atoms with E-state index in [9.17, 15) is 4.79 Å². The molecule has 0 saturated heterocycles. The largest absolute Gasteiger partial charge is 0.337 e. The van der Waals surface area contributed by atoms with Crippen molar-refractivity contribution in [1.82, 2.24) is 4.90 Å². The van der Waals surface area contributed by atoms with Crippen molar-refractivity contribution in [3.8, 4) is 0 Å². The Bertz CT molecular complexity index is 291. The molecule has 1 amide bonds. The zero-order valence-electron chi connectivity index (χ0n) is 11.4. The first-order chi connectivity index (χ1) is 8.15. The molecule has 1 aliphatic rings. The Labute approximate surface area is 105 Å². The molecule has 1 atom stereocenters. The van der Waals surface area contributed by atoms with Crippen molar-refractivity contribution < 1.29 is 4.79 Å². The minimum absolute atomic E-state index is 0.244. The number of amides is 1. The fourth-order valence-electron chi connectivity index (χ4n) is 2.16. The Hall–Kier alpha value is -1.05. The van der Waals surface area contributed by atoms with Gasteiger partial charge < -0.3 is 4.90 Å². The highest BCUT2D eigenvalue weighted by atomic mass is 16.2. The van der Waals surface area contributed by atoms with Crippen LogP contribution >= 0.6 is 0 Å². The van der Waals surface area contributed by atoms with E-state index in [1.54, 1.807) is 0 Å². The number of nitrogens with zero attached hydrogens (tertiary/aromatic N) is 1. The van der Waals surface area contributed by atoms with Crippen LogP contribution in [0, 0.1) is 5.92 Å². The third-order valence-electron chi connectivity index (χ3n) is 3.27. The minimum Gasteiger partial charge on any atom is -0.337 e. The number of rotatable bonds is 5. The molecule has 0 N–H and O–H groups in total. The molecule has 1 aliphatic carbocycles. The standard InChI is InChI=1S/C15H25NO/c1-4-15(17)16(13(2)3)12-8-11-14-9-6-5-7-10-14/h5-6,8,11,13-14H,4,7,9-10,12H2,1-3H3/b11-8+. The summed E-state index contributed by atoms with van der Waals surface area (Å²) < 4.78 is 0. The van der Waals surface area contributed by atoms with Gasteiger partial charge in [0.15, 0.2) is 0 Å². The molecular weight excluding hydrogens is 210 g/mol. The van der Waals surface area contributed by atoms with Crippen LogP contribution in [-0.4, -0.2) is 23.4 Å². The van der Waals surface area contributed by atoms with Crippen molar-refractivity contribution in [3.05, 3.63) is 24.3 Å². The molecule has 0 saturated carbocycles. The van der Waals surface area contributed by atoms with Crippen molar-refractivity contribution in [1.29, 1.82) is 0 Å². The summed E-state index contributed by atoms with van der Waals surface area (Å²) in [5, 5.41) is 0. The molecule has 0 aromatic heterocycles. The van der Waals surface area contributed by atoms with Gasteiger partial charge in [-0.15, -0.1) is 0 Å². The van der Waals surface area contributed by atoms with E-state index in [4.69, 9.17) is 0 Å². The number of hydrogen-bond donors (Lipinski definition) is 0. The molecule has 1 unspecified atom stereocenters. The predicted molar refractivity (Wildman–Crippen MR) is 72.8 cm³/mol. The molecule has 0 fully saturated rings. The fourth-order valence-corrected chi connectivity index (χ4v) is 2.16. The lowest BCUT2D eigenvalue weighted by Gasteiger charge is -2.25. The van der Waals surface area contributed by atoms with E-state index in [0.717, 1.165) is 13.0 Å². The lowest BCUT2D eigenvalue weighted by Crippen LogP contribution is -2.36. The van der Waals surface area contributed by atoms with E-state index in [2.05, 4.69) is 38.2 Å². The zero-order chi connectivity index (χ0) is 12.7. The number of allylic oxidation sites excluding steroid dienone is 3. The maximum atomic E-state index is 11.7. The summed E-state index contributed by atoms with van der Waals surface area (Å²) in [6, 6.07) is 0.290. The second-order valence-corrected chi connectivity index (χ2v) is 4.97. The van der Waals surface area contributed by atoms with Gasteiger partial charge in [-0.25, -0.2) is 0 Å². The van der Waals surface area contributed by atoms with Gasteiger partial charge in [0.05, 0.1) is 0 Å². The monoisotopic (exact) mass is 235 g/mol. The molecule has 17 heavy (non-hydrogen) atoms. The Morgan fingerprint density at radius 1 is 1.47 bits per heavy atom. The quantitative estimate of drug-likeness (QED) is 0.667. The van der Waals surface area contributed by atoms with Crippen molar-refractivity contribution in [3.63, 3.8) is 0 Å². The molecule has 0 aromatic carbocycles. The van der Waals surface area contributed by atoms with Gasteiger partial charge >= 0.3 is 0 Å². The zero-order valence-corrected chi connectivity index (χ0v) is 11.4.